The molecule has 5 atom stereocenters. The number of allylic oxidation sites excluding steroid dienone is 3. The number of hydrogen-bond acceptors (Lipinski definition) is 5. The van der Waals surface area contributed by atoms with E-state index < -0.39 is 31.0 Å². The summed E-state index contributed by atoms with van der Waals surface area (Å²) in [6, 6.07) is 6.56. The van der Waals surface area contributed by atoms with Crippen LogP contribution in [-0.2, 0) is 16.2 Å². The third kappa shape index (κ3) is 8.42. The second-order valence-electron chi connectivity index (χ2n) is 7.78. The summed E-state index contributed by atoms with van der Waals surface area (Å²) in [5, 5.41) is 20.4. The van der Waals surface area contributed by atoms with Crippen LogP contribution >= 0.6 is 0 Å². The van der Waals surface area contributed by atoms with Crippen LogP contribution in [0.25, 0.3) is 0 Å². The minimum absolute atomic E-state index is 0.0385. The first kappa shape index (κ1) is 25.0. The summed E-state index contributed by atoms with van der Waals surface area (Å²) < 4.78 is 37.2. The lowest BCUT2D eigenvalue weighted by molar-refractivity contribution is -0.140. The molecule has 0 saturated heterocycles. The highest BCUT2D eigenvalue weighted by molar-refractivity contribution is 5.69. The van der Waals surface area contributed by atoms with Crippen molar-refractivity contribution >= 4 is 5.97 Å². The van der Waals surface area contributed by atoms with Crippen LogP contribution in [0.5, 0.6) is 5.75 Å². The fourth-order valence-corrected chi connectivity index (χ4v) is 3.71. The third-order valence-corrected chi connectivity index (χ3v) is 5.46. The van der Waals surface area contributed by atoms with Gasteiger partial charge in [-0.25, -0.2) is 8.78 Å². The molecule has 1 aromatic carbocycles. The topological polar surface area (TPSA) is 76.0 Å². The van der Waals surface area contributed by atoms with Crippen LogP contribution in [0.4, 0.5) is 8.78 Å². The molecule has 1 aromatic rings. The third-order valence-electron chi connectivity index (χ3n) is 5.46. The van der Waals surface area contributed by atoms with E-state index in [1.165, 1.54) is 13.2 Å². The Kier molecular flexibility index (Phi) is 10.7. The van der Waals surface area contributed by atoms with Crippen molar-refractivity contribution in [3.05, 3.63) is 54.1 Å². The quantitative estimate of drug-likeness (QED) is 0.292. The molecule has 5 nitrogen and oxygen atoms in total. The largest absolute Gasteiger partial charge is 0.491 e. The Morgan fingerprint density at radius 1 is 1.35 bits per heavy atom. The van der Waals surface area contributed by atoms with Crippen molar-refractivity contribution in [2.45, 2.75) is 57.2 Å². The summed E-state index contributed by atoms with van der Waals surface area (Å²) in [5.74, 6) is -0.572. The van der Waals surface area contributed by atoms with E-state index in [4.69, 9.17) is 4.74 Å². The van der Waals surface area contributed by atoms with Gasteiger partial charge in [0.25, 0.3) is 0 Å². The van der Waals surface area contributed by atoms with Crippen molar-refractivity contribution in [1.82, 2.24) is 0 Å². The van der Waals surface area contributed by atoms with Gasteiger partial charge in [0.15, 0.2) is 0 Å². The van der Waals surface area contributed by atoms with Crippen LogP contribution in [0.1, 0.15) is 37.7 Å². The van der Waals surface area contributed by atoms with E-state index in [1.54, 1.807) is 30.3 Å². The first-order valence-corrected chi connectivity index (χ1v) is 10.6. The van der Waals surface area contributed by atoms with E-state index in [9.17, 15) is 23.8 Å². The molecule has 1 fully saturated rings. The van der Waals surface area contributed by atoms with Gasteiger partial charge < -0.3 is 19.7 Å². The molecule has 1 aliphatic rings. The Labute approximate surface area is 182 Å². The molecule has 0 radical (unpaired) electrons. The molecule has 0 bridgehead atoms. The number of rotatable bonds is 12. The summed E-state index contributed by atoms with van der Waals surface area (Å²) in [5.41, 5.74) is 0.490. The lowest BCUT2D eigenvalue weighted by atomic mass is 9.90. The molecular formula is C24H32F2O5. The standard InChI is InChI=1S/C24H32F2O5/c1-30-24(29)10-5-3-2-4-9-21-20(22(26)14-23(21)28)12-11-18(27)16-31-19-8-6-7-17(13-19)15-25/h2,4,6-8,11-13,18,20-23,27-28H,3,5,9-10,14-16H2,1H3/b4-2-,12-11+/t18?,20-,21-,22?,23?/m1/s1. The lowest BCUT2D eigenvalue weighted by Gasteiger charge is -2.19. The van der Waals surface area contributed by atoms with Gasteiger partial charge in [0.05, 0.1) is 13.2 Å². The second-order valence-corrected chi connectivity index (χ2v) is 7.78. The highest BCUT2D eigenvalue weighted by atomic mass is 19.1. The van der Waals surface area contributed by atoms with Crippen molar-refractivity contribution < 1.29 is 33.3 Å². The summed E-state index contributed by atoms with van der Waals surface area (Å²) >= 11 is 0. The zero-order chi connectivity index (χ0) is 22.6. The lowest BCUT2D eigenvalue weighted by Crippen LogP contribution is -2.20. The molecule has 7 heteroatoms. The smallest absolute Gasteiger partial charge is 0.305 e. The van der Waals surface area contributed by atoms with Crippen LogP contribution in [0.15, 0.2) is 48.6 Å². The molecule has 1 aliphatic carbocycles. The maximum Gasteiger partial charge on any atom is 0.305 e. The highest BCUT2D eigenvalue weighted by Crippen LogP contribution is 2.38. The van der Waals surface area contributed by atoms with Crippen molar-refractivity contribution in [1.29, 1.82) is 0 Å². The molecular weight excluding hydrogens is 406 g/mol. The minimum Gasteiger partial charge on any atom is -0.491 e. The van der Waals surface area contributed by atoms with E-state index in [2.05, 4.69) is 4.74 Å². The molecule has 0 spiro atoms. The minimum atomic E-state index is -1.18. The van der Waals surface area contributed by atoms with Gasteiger partial charge in [0.2, 0.25) is 0 Å². The summed E-state index contributed by atoms with van der Waals surface area (Å²) in [6.07, 6.45) is 6.36. The molecule has 0 aliphatic heterocycles. The molecule has 172 valence electrons. The Bertz CT molecular complexity index is 736. The van der Waals surface area contributed by atoms with Gasteiger partial charge in [-0.15, -0.1) is 0 Å². The van der Waals surface area contributed by atoms with E-state index in [1.807, 2.05) is 12.2 Å². The molecule has 31 heavy (non-hydrogen) atoms. The summed E-state index contributed by atoms with van der Waals surface area (Å²) in [4.78, 5) is 11.1. The number of benzene rings is 1. The van der Waals surface area contributed by atoms with Gasteiger partial charge in [-0.2, -0.15) is 0 Å². The predicted molar refractivity (Wildman–Crippen MR) is 114 cm³/mol. The maximum absolute atomic E-state index is 14.4. The normalized spacial score (nSPS) is 24.7. The molecule has 2 N–H and O–H groups in total. The molecule has 1 saturated carbocycles. The first-order valence-electron chi connectivity index (χ1n) is 10.6. The van der Waals surface area contributed by atoms with Crippen molar-refractivity contribution in [2.24, 2.45) is 11.8 Å². The number of halogens is 2. The number of unbranched alkanes of at least 4 members (excludes halogenated alkanes) is 1. The van der Waals surface area contributed by atoms with Gasteiger partial charge >= 0.3 is 5.97 Å². The highest BCUT2D eigenvalue weighted by Gasteiger charge is 2.40. The number of ether oxygens (including phenoxy) is 2. The van der Waals surface area contributed by atoms with Crippen LogP contribution < -0.4 is 4.74 Å². The number of aliphatic hydroxyl groups is 2. The number of methoxy groups -OCH3 is 1. The average Bonchev–Trinajstić information content (AvgIpc) is 3.05. The molecule has 0 aromatic heterocycles. The SMILES string of the molecule is COC(=O)CCC/C=C\C[C@H]1C(O)CC(F)[C@@H]1/C=C/C(O)COc1cccc(CF)c1. The molecule has 0 heterocycles. The number of carbonyl (C=O) groups is 1. The van der Waals surface area contributed by atoms with Crippen LogP contribution in [0.3, 0.4) is 0 Å². The first-order chi connectivity index (χ1) is 14.9. The van der Waals surface area contributed by atoms with Gasteiger partial charge in [-0.05, 0) is 42.9 Å². The number of hydrogen-bond donors (Lipinski definition) is 2. The summed E-state index contributed by atoms with van der Waals surface area (Å²) in [6.45, 7) is -0.633. The Morgan fingerprint density at radius 3 is 2.90 bits per heavy atom. The van der Waals surface area contributed by atoms with E-state index in [0.717, 1.165) is 0 Å². The molecule has 3 unspecified atom stereocenters. The fourth-order valence-electron chi connectivity index (χ4n) is 3.71. The van der Waals surface area contributed by atoms with E-state index in [-0.39, 0.29) is 24.9 Å². The van der Waals surface area contributed by atoms with Crippen LogP contribution in [0.2, 0.25) is 0 Å². The Hall–Kier alpha value is -2.25. The number of esters is 1. The van der Waals surface area contributed by atoms with Crippen LogP contribution in [0, 0.1) is 11.8 Å². The zero-order valence-corrected chi connectivity index (χ0v) is 17.8. The number of alkyl halides is 2. The molecule has 2 rings (SSSR count). The molecule has 0 amide bonds. The average molecular weight is 439 g/mol. The van der Waals surface area contributed by atoms with E-state index in [0.29, 0.717) is 37.0 Å². The maximum atomic E-state index is 14.4. The van der Waals surface area contributed by atoms with Gasteiger partial charge in [-0.1, -0.05) is 36.4 Å². The van der Waals surface area contributed by atoms with Gasteiger partial charge in [0, 0.05) is 18.8 Å². The monoisotopic (exact) mass is 438 g/mol. The van der Waals surface area contributed by atoms with Crippen molar-refractivity contribution in [3.8, 4) is 5.75 Å². The summed E-state index contributed by atoms with van der Waals surface area (Å²) in [7, 11) is 1.36. The Morgan fingerprint density at radius 2 is 2.16 bits per heavy atom. The second kappa shape index (κ2) is 13.2. The fraction of sp³-hybridized carbons (Fsp3) is 0.542. The van der Waals surface area contributed by atoms with Gasteiger partial charge in [0.1, 0.15) is 31.3 Å². The predicted octanol–water partition coefficient (Wildman–Crippen LogP) is 4.08. The Balaban J connectivity index is 1.82. The van der Waals surface area contributed by atoms with Crippen molar-refractivity contribution in [3.63, 3.8) is 0 Å². The number of aliphatic hydroxyl groups excluding tert-OH is 2. The van der Waals surface area contributed by atoms with Gasteiger partial charge in [-0.3, -0.25) is 4.79 Å². The van der Waals surface area contributed by atoms with Crippen LogP contribution in [-0.4, -0.2) is 48.3 Å². The number of carbonyl (C=O) groups excluding carboxylic acids is 1. The van der Waals surface area contributed by atoms with E-state index >= 15 is 0 Å². The zero-order valence-electron chi connectivity index (χ0n) is 17.8. The van der Waals surface area contributed by atoms with Crippen molar-refractivity contribution in [2.75, 3.05) is 13.7 Å².